The van der Waals surface area contributed by atoms with Crippen molar-refractivity contribution in [2.24, 2.45) is 5.92 Å². The van der Waals surface area contributed by atoms with Gasteiger partial charge in [0.05, 0.1) is 5.69 Å². The second-order valence-corrected chi connectivity index (χ2v) is 10.2. The number of nitrogens with zero attached hydrogens (tertiary/aromatic N) is 3. The van der Waals surface area contributed by atoms with Gasteiger partial charge >= 0.3 is 6.09 Å². The highest BCUT2D eigenvalue weighted by Gasteiger charge is 2.47. The Morgan fingerprint density at radius 1 is 1.23 bits per heavy atom. The van der Waals surface area contributed by atoms with Crippen molar-refractivity contribution in [1.82, 2.24) is 15.0 Å². The Kier molecular flexibility index (Phi) is 5.89. The number of anilines is 1. The molecule has 0 aliphatic heterocycles. The molecule has 10 heteroatoms. The fourth-order valence-corrected chi connectivity index (χ4v) is 4.42. The van der Waals surface area contributed by atoms with Crippen LogP contribution in [0.15, 0.2) is 35.6 Å². The number of ketones is 1. The van der Waals surface area contributed by atoms with Crippen molar-refractivity contribution in [3.8, 4) is 0 Å². The van der Waals surface area contributed by atoms with Crippen LogP contribution in [0.1, 0.15) is 44.6 Å². The second kappa shape index (κ2) is 8.10. The molecule has 0 bridgehead atoms. The van der Waals surface area contributed by atoms with Crippen molar-refractivity contribution in [1.29, 1.82) is 0 Å². The average Bonchev–Trinajstić information content (AvgIpc) is 3.41. The number of hydrogen-bond acceptors (Lipinski definition) is 8. The number of sulfone groups is 1. The minimum absolute atomic E-state index is 0.0152. The smallest absolute Gasteiger partial charge is 0.412 e. The highest BCUT2D eigenvalue weighted by Crippen LogP contribution is 2.47. The third-order valence-electron chi connectivity index (χ3n) is 4.44. The van der Waals surface area contributed by atoms with E-state index >= 15 is 0 Å². The number of Topliss-reactive ketones (excluding diaryl/α,β-unsaturated/α-hetero) is 1. The third kappa shape index (κ3) is 5.38. The van der Waals surface area contributed by atoms with Crippen LogP contribution in [0.5, 0.6) is 0 Å². The van der Waals surface area contributed by atoms with Gasteiger partial charge in [-0.2, -0.15) is 0 Å². The monoisotopic (exact) mass is 432 g/mol. The van der Waals surface area contributed by atoms with Gasteiger partial charge in [-0.3, -0.25) is 15.1 Å². The zero-order valence-corrected chi connectivity index (χ0v) is 18.1. The van der Waals surface area contributed by atoms with E-state index in [0.29, 0.717) is 12.2 Å². The maximum absolute atomic E-state index is 12.9. The largest absolute Gasteiger partial charge is 0.444 e. The molecule has 0 radical (unpaired) electrons. The molecule has 0 spiro atoms. The number of rotatable bonds is 6. The minimum Gasteiger partial charge on any atom is -0.444 e. The molecule has 0 saturated heterocycles. The van der Waals surface area contributed by atoms with Crippen LogP contribution in [0.3, 0.4) is 0 Å². The fourth-order valence-electron chi connectivity index (χ4n) is 3.00. The van der Waals surface area contributed by atoms with Crippen molar-refractivity contribution >= 4 is 27.4 Å². The van der Waals surface area contributed by atoms with Crippen LogP contribution in [0.25, 0.3) is 0 Å². The molecule has 2 unspecified atom stereocenters. The Labute approximate surface area is 175 Å². The molecular weight excluding hydrogens is 408 g/mol. The molecule has 2 heterocycles. The van der Waals surface area contributed by atoms with Gasteiger partial charge in [0.2, 0.25) is 0 Å². The molecule has 160 valence electrons. The molecule has 1 amide bonds. The van der Waals surface area contributed by atoms with Crippen molar-refractivity contribution in [2.75, 3.05) is 11.1 Å². The molecule has 1 N–H and O–H groups in total. The van der Waals surface area contributed by atoms with E-state index in [1.807, 2.05) is 6.92 Å². The normalized spacial score (nSPS) is 18.5. The molecular formula is C20H24N4O5S. The first-order valence-electron chi connectivity index (χ1n) is 9.45. The van der Waals surface area contributed by atoms with Gasteiger partial charge in [-0.15, -0.1) is 0 Å². The van der Waals surface area contributed by atoms with E-state index in [-0.39, 0.29) is 16.5 Å². The second-order valence-electron chi connectivity index (χ2n) is 8.23. The quantitative estimate of drug-likeness (QED) is 0.738. The Morgan fingerprint density at radius 3 is 2.63 bits per heavy atom. The Balaban J connectivity index is 1.72. The van der Waals surface area contributed by atoms with E-state index in [1.165, 1.54) is 12.3 Å². The van der Waals surface area contributed by atoms with Crippen molar-refractivity contribution < 1.29 is 22.7 Å². The third-order valence-corrected chi connectivity index (χ3v) is 6.10. The minimum atomic E-state index is -4.02. The number of aryl methyl sites for hydroxylation is 1. The highest BCUT2D eigenvalue weighted by atomic mass is 32.2. The van der Waals surface area contributed by atoms with Crippen LogP contribution >= 0.6 is 0 Å². The lowest BCUT2D eigenvalue weighted by Crippen LogP contribution is -2.28. The molecule has 1 aliphatic rings. The first-order chi connectivity index (χ1) is 14.0. The Hall–Kier alpha value is -2.88. The van der Waals surface area contributed by atoms with Crippen LogP contribution in [-0.2, 0) is 19.4 Å². The first kappa shape index (κ1) is 21.8. The molecule has 1 fully saturated rings. The summed E-state index contributed by atoms with van der Waals surface area (Å²) in [6, 6.07) is 3.11. The summed E-state index contributed by atoms with van der Waals surface area (Å²) in [6.07, 6.45) is 3.81. The summed E-state index contributed by atoms with van der Waals surface area (Å²) >= 11 is 0. The number of carbonyl (C=O) groups excluding carboxylic acids is 2. The SMILES string of the molecule is Cc1ccnc(C2CC2C(=O)CS(=O)(=O)c2cnccc2NC(=O)OC(C)(C)C)n1. The Bertz CT molecular complexity index is 1080. The fraction of sp³-hybridized carbons (Fsp3) is 0.450. The Morgan fingerprint density at radius 2 is 1.97 bits per heavy atom. The number of amides is 1. The van der Waals surface area contributed by atoms with Gasteiger partial charge in [-0.05, 0) is 46.2 Å². The van der Waals surface area contributed by atoms with E-state index in [0.717, 1.165) is 11.9 Å². The summed E-state index contributed by atoms with van der Waals surface area (Å²) < 4.78 is 30.9. The summed E-state index contributed by atoms with van der Waals surface area (Å²) in [5.41, 5.74) is 0.0608. The van der Waals surface area contributed by atoms with Gasteiger partial charge in [0, 0.05) is 36.1 Å². The summed E-state index contributed by atoms with van der Waals surface area (Å²) in [6.45, 7) is 6.91. The zero-order valence-electron chi connectivity index (χ0n) is 17.2. The number of nitrogens with one attached hydrogen (secondary N) is 1. The van der Waals surface area contributed by atoms with Gasteiger partial charge in [0.15, 0.2) is 15.6 Å². The maximum atomic E-state index is 12.9. The van der Waals surface area contributed by atoms with Crippen LogP contribution in [0.4, 0.5) is 10.5 Å². The number of ether oxygens (including phenoxy) is 1. The lowest BCUT2D eigenvalue weighted by atomic mass is 10.2. The molecule has 9 nitrogen and oxygen atoms in total. The van der Waals surface area contributed by atoms with Crippen molar-refractivity contribution in [3.63, 3.8) is 0 Å². The van der Waals surface area contributed by atoms with E-state index in [4.69, 9.17) is 4.74 Å². The maximum Gasteiger partial charge on any atom is 0.412 e. The highest BCUT2D eigenvalue weighted by molar-refractivity contribution is 7.92. The predicted molar refractivity (Wildman–Crippen MR) is 109 cm³/mol. The molecule has 2 aromatic heterocycles. The van der Waals surface area contributed by atoms with Crippen LogP contribution < -0.4 is 5.32 Å². The lowest BCUT2D eigenvalue weighted by Gasteiger charge is -2.20. The molecule has 2 aromatic rings. The van der Waals surface area contributed by atoms with Gasteiger partial charge in [0.25, 0.3) is 0 Å². The average molecular weight is 433 g/mol. The molecule has 3 rings (SSSR count). The van der Waals surface area contributed by atoms with Crippen LogP contribution in [0, 0.1) is 12.8 Å². The molecule has 1 saturated carbocycles. The molecule has 30 heavy (non-hydrogen) atoms. The molecule has 1 aliphatic carbocycles. The number of hydrogen-bond donors (Lipinski definition) is 1. The summed E-state index contributed by atoms with van der Waals surface area (Å²) in [5, 5.41) is 2.42. The number of aromatic nitrogens is 3. The van der Waals surface area contributed by atoms with Crippen molar-refractivity contribution in [3.05, 3.63) is 42.2 Å². The van der Waals surface area contributed by atoms with E-state index < -0.39 is 39.0 Å². The van der Waals surface area contributed by atoms with Gasteiger partial charge in [0.1, 0.15) is 22.1 Å². The summed E-state index contributed by atoms with van der Waals surface area (Å²) in [5.74, 6) is -1.13. The van der Waals surface area contributed by atoms with Gasteiger partial charge < -0.3 is 4.74 Å². The summed E-state index contributed by atoms with van der Waals surface area (Å²) in [4.78, 5) is 36.8. The lowest BCUT2D eigenvalue weighted by molar-refractivity contribution is -0.117. The van der Waals surface area contributed by atoms with Crippen molar-refractivity contribution in [2.45, 2.75) is 50.5 Å². The van der Waals surface area contributed by atoms with E-state index in [9.17, 15) is 18.0 Å². The number of pyridine rings is 1. The molecule has 2 atom stereocenters. The topological polar surface area (TPSA) is 128 Å². The number of carbonyl (C=O) groups is 2. The predicted octanol–water partition coefficient (Wildman–Crippen LogP) is 2.67. The van der Waals surface area contributed by atoms with Gasteiger partial charge in [-0.25, -0.2) is 23.2 Å². The summed E-state index contributed by atoms with van der Waals surface area (Å²) in [7, 11) is -4.02. The zero-order chi connectivity index (χ0) is 22.1. The van der Waals surface area contributed by atoms with Crippen LogP contribution in [0.2, 0.25) is 0 Å². The standard InChI is InChI=1S/C20H24N4O5S/c1-12-5-8-22-18(23-12)14-9-13(14)16(25)11-30(27,28)17-10-21-7-6-15(17)24-19(26)29-20(2,3)4/h5-8,10,13-14H,9,11H2,1-4H3,(H,21,24,26). The molecule has 0 aromatic carbocycles. The van der Waals surface area contributed by atoms with E-state index in [2.05, 4.69) is 20.3 Å². The van der Waals surface area contributed by atoms with E-state index in [1.54, 1.807) is 33.0 Å². The first-order valence-corrected chi connectivity index (χ1v) is 11.1. The van der Waals surface area contributed by atoms with Gasteiger partial charge in [-0.1, -0.05) is 0 Å². The van der Waals surface area contributed by atoms with Crippen LogP contribution in [-0.4, -0.2) is 46.6 Å².